The van der Waals surface area contributed by atoms with Gasteiger partial charge in [0.2, 0.25) is 0 Å². The fourth-order valence-electron chi connectivity index (χ4n) is 1.30. The first-order valence-corrected chi connectivity index (χ1v) is 4.30. The maximum atomic E-state index is 12.5. The largest absolute Gasteiger partial charge is 0.504 e. The van der Waals surface area contributed by atoms with Crippen LogP contribution >= 0.6 is 0 Å². The molecule has 0 radical (unpaired) electrons. The van der Waals surface area contributed by atoms with E-state index in [0.29, 0.717) is 6.07 Å². The quantitative estimate of drug-likeness (QED) is 0.550. The summed E-state index contributed by atoms with van der Waals surface area (Å²) in [7, 11) is 0. The second kappa shape index (κ2) is 4.58. The number of benzene rings is 1. The molecule has 0 atom stereocenters. The van der Waals surface area contributed by atoms with Crippen molar-refractivity contribution in [3.8, 4) is 11.5 Å². The van der Waals surface area contributed by atoms with Crippen molar-refractivity contribution in [2.45, 2.75) is 12.6 Å². The van der Waals surface area contributed by atoms with Gasteiger partial charge in [-0.25, -0.2) is 5.90 Å². The third-order valence-electron chi connectivity index (χ3n) is 2.04. The van der Waals surface area contributed by atoms with E-state index in [9.17, 15) is 18.3 Å². The summed E-state index contributed by atoms with van der Waals surface area (Å²) < 4.78 is 37.6. The van der Waals surface area contributed by atoms with Gasteiger partial charge in [-0.1, -0.05) is 0 Å². The van der Waals surface area contributed by atoms with Gasteiger partial charge in [0.05, 0.1) is 12.2 Å². The molecule has 0 amide bonds. The number of phenols is 2. The van der Waals surface area contributed by atoms with Gasteiger partial charge in [0.15, 0.2) is 11.5 Å². The van der Waals surface area contributed by atoms with E-state index in [0.717, 1.165) is 6.07 Å². The molecule has 0 bridgehead atoms. The van der Waals surface area contributed by atoms with Crippen LogP contribution in [0.3, 0.4) is 0 Å². The predicted octanol–water partition coefficient (Wildman–Crippen LogP) is 1.55. The lowest BCUT2D eigenvalue weighted by molar-refractivity contribution is -0.138. The molecule has 0 saturated heterocycles. The summed E-state index contributed by atoms with van der Waals surface area (Å²) in [6.07, 6.45) is -4.85. The lowest BCUT2D eigenvalue weighted by Crippen LogP contribution is -2.12. The van der Waals surface area contributed by atoms with E-state index in [1.807, 2.05) is 0 Å². The molecular weight excluding hydrogens is 227 g/mol. The maximum Gasteiger partial charge on any atom is 0.416 e. The van der Waals surface area contributed by atoms with Gasteiger partial charge in [-0.05, 0) is 12.1 Å². The standard InChI is InChI=1S/C9H10F3NO3/c10-9(11,12)6-1-2-7(14)8(15)5(6)3-4-16-13/h1-2,14-15H,3-4,13H2. The van der Waals surface area contributed by atoms with E-state index < -0.39 is 28.8 Å². The van der Waals surface area contributed by atoms with E-state index in [1.165, 1.54) is 0 Å². The molecule has 0 heterocycles. The van der Waals surface area contributed by atoms with Crippen molar-refractivity contribution in [3.63, 3.8) is 0 Å². The van der Waals surface area contributed by atoms with Crippen LogP contribution in [0, 0.1) is 0 Å². The van der Waals surface area contributed by atoms with Crippen LogP contribution in [-0.2, 0) is 17.4 Å². The Kier molecular flexibility index (Phi) is 3.61. The molecule has 0 spiro atoms. The van der Waals surface area contributed by atoms with E-state index in [1.54, 1.807) is 0 Å². The van der Waals surface area contributed by atoms with E-state index in [2.05, 4.69) is 4.84 Å². The molecule has 0 aliphatic rings. The third-order valence-corrected chi connectivity index (χ3v) is 2.04. The lowest BCUT2D eigenvalue weighted by Gasteiger charge is -2.14. The van der Waals surface area contributed by atoms with E-state index in [4.69, 9.17) is 11.0 Å². The molecule has 4 nitrogen and oxygen atoms in total. The summed E-state index contributed by atoms with van der Waals surface area (Å²) in [5, 5.41) is 18.4. The van der Waals surface area contributed by atoms with Crippen molar-refractivity contribution >= 4 is 0 Å². The van der Waals surface area contributed by atoms with Crippen molar-refractivity contribution in [2.24, 2.45) is 5.90 Å². The molecule has 0 fully saturated rings. The highest BCUT2D eigenvalue weighted by molar-refractivity contribution is 5.50. The van der Waals surface area contributed by atoms with Crippen LogP contribution < -0.4 is 5.90 Å². The Balaban J connectivity index is 3.22. The maximum absolute atomic E-state index is 12.5. The van der Waals surface area contributed by atoms with Crippen LogP contribution in [0.5, 0.6) is 11.5 Å². The summed E-state index contributed by atoms with van der Waals surface area (Å²) in [6.45, 7) is -0.194. The van der Waals surface area contributed by atoms with Gasteiger partial charge < -0.3 is 15.1 Å². The van der Waals surface area contributed by atoms with Crippen LogP contribution in [0.25, 0.3) is 0 Å². The summed E-state index contributed by atoms with van der Waals surface area (Å²) in [4.78, 5) is 4.15. The van der Waals surface area contributed by atoms with Crippen LogP contribution in [0.1, 0.15) is 11.1 Å². The first kappa shape index (κ1) is 12.6. The lowest BCUT2D eigenvalue weighted by atomic mass is 10.0. The van der Waals surface area contributed by atoms with Gasteiger partial charge in [0.1, 0.15) is 0 Å². The smallest absolute Gasteiger partial charge is 0.416 e. The summed E-state index contributed by atoms with van der Waals surface area (Å²) in [6, 6.07) is 1.48. The summed E-state index contributed by atoms with van der Waals surface area (Å²) in [5.74, 6) is 3.29. The average molecular weight is 237 g/mol. The monoisotopic (exact) mass is 237 g/mol. The number of hydrogen-bond acceptors (Lipinski definition) is 4. The third kappa shape index (κ3) is 2.56. The fourth-order valence-corrected chi connectivity index (χ4v) is 1.30. The topological polar surface area (TPSA) is 75.7 Å². The molecule has 1 rings (SSSR count). The number of hydrogen-bond donors (Lipinski definition) is 3. The Hall–Kier alpha value is -1.47. The van der Waals surface area contributed by atoms with Gasteiger partial charge in [-0.15, -0.1) is 0 Å². The SMILES string of the molecule is NOCCc1c(C(F)(F)F)ccc(O)c1O. The first-order valence-electron chi connectivity index (χ1n) is 4.30. The zero-order valence-corrected chi connectivity index (χ0v) is 8.08. The number of alkyl halides is 3. The van der Waals surface area contributed by atoms with Crippen LogP contribution in [0.4, 0.5) is 13.2 Å². The van der Waals surface area contributed by atoms with Crippen molar-refractivity contribution in [1.82, 2.24) is 0 Å². The Morgan fingerprint density at radius 1 is 1.25 bits per heavy atom. The normalized spacial score (nSPS) is 11.8. The Morgan fingerprint density at radius 3 is 2.38 bits per heavy atom. The van der Waals surface area contributed by atoms with Crippen LogP contribution in [0.15, 0.2) is 12.1 Å². The minimum atomic E-state index is -4.60. The molecule has 1 aromatic rings. The molecule has 4 N–H and O–H groups in total. The highest BCUT2D eigenvalue weighted by Crippen LogP contribution is 2.39. The highest BCUT2D eigenvalue weighted by atomic mass is 19.4. The average Bonchev–Trinajstić information content (AvgIpc) is 2.18. The molecule has 0 unspecified atom stereocenters. The molecule has 16 heavy (non-hydrogen) atoms. The molecule has 1 aromatic carbocycles. The summed E-state index contributed by atoms with van der Waals surface area (Å²) in [5.41, 5.74) is -1.45. The molecular formula is C9H10F3NO3. The fraction of sp³-hybridized carbons (Fsp3) is 0.333. The van der Waals surface area contributed by atoms with Crippen molar-refractivity contribution in [1.29, 1.82) is 0 Å². The number of aromatic hydroxyl groups is 2. The first-order chi connectivity index (χ1) is 7.38. The van der Waals surface area contributed by atoms with E-state index >= 15 is 0 Å². The second-order valence-corrected chi connectivity index (χ2v) is 3.08. The van der Waals surface area contributed by atoms with Gasteiger partial charge >= 0.3 is 6.18 Å². The van der Waals surface area contributed by atoms with Gasteiger partial charge in [0, 0.05) is 12.0 Å². The number of rotatable bonds is 3. The van der Waals surface area contributed by atoms with Gasteiger partial charge in [-0.3, -0.25) is 0 Å². The van der Waals surface area contributed by atoms with Crippen molar-refractivity contribution in [3.05, 3.63) is 23.3 Å². The number of phenolic OH excluding ortho intramolecular Hbond substituents is 2. The Labute approximate surface area is 89.0 Å². The van der Waals surface area contributed by atoms with Gasteiger partial charge in [0.25, 0.3) is 0 Å². The van der Waals surface area contributed by atoms with E-state index in [-0.39, 0.29) is 13.0 Å². The summed E-state index contributed by atoms with van der Waals surface area (Å²) >= 11 is 0. The van der Waals surface area contributed by atoms with Crippen LogP contribution in [-0.4, -0.2) is 16.8 Å². The molecule has 0 aliphatic heterocycles. The van der Waals surface area contributed by atoms with Crippen molar-refractivity contribution in [2.75, 3.05) is 6.61 Å². The van der Waals surface area contributed by atoms with Crippen molar-refractivity contribution < 1.29 is 28.2 Å². The minimum absolute atomic E-state index is 0.194. The zero-order chi connectivity index (χ0) is 12.3. The second-order valence-electron chi connectivity index (χ2n) is 3.08. The predicted molar refractivity (Wildman–Crippen MR) is 48.6 cm³/mol. The molecule has 7 heteroatoms. The number of halogens is 3. The number of nitrogens with two attached hydrogens (primary N) is 1. The molecule has 90 valence electrons. The molecule has 0 aromatic heterocycles. The zero-order valence-electron chi connectivity index (χ0n) is 8.08. The molecule has 0 aliphatic carbocycles. The van der Waals surface area contributed by atoms with Gasteiger partial charge in [-0.2, -0.15) is 13.2 Å². The molecule has 0 saturated carbocycles. The Morgan fingerprint density at radius 2 is 1.88 bits per heavy atom. The Bertz CT molecular complexity index is 379. The van der Waals surface area contributed by atoms with Crippen LogP contribution in [0.2, 0.25) is 0 Å². The minimum Gasteiger partial charge on any atom is -0.504 e. The highest BCUT2D eigenvalue weighted by Gasteiger charge is 2.34.